The van der Waals surface area contributed by atoms with Crippen LogP contribution in [-0.4, -0.2) is 20.4 Å². The van der Waals surface area contributed by atoms with Crippen molar-refractivity contribution in [2.24, 2.45) is 10.9 Å². The summed E-state index contributed by atoms with van der Waals surface area (Å²) in [6, 6.07) is 1.81. The average Bonchev–Trinajstić information content (AvgIpc) is 3.28. The highest BCUT2D eigenvalue weighted by Crippen LogP contribution is 2.36. The highest BCUT2D eigenvalue weighted by atomic mass is 35.5. The lowest BCUT2D eigenvalue weighted by atomic mass is 10.1. The Bertz CT molecular complexity index is 918. The summed E-state index contributed by atoms with van der Waals surface area (Å²) >= 11 is 5.96. The Morgan fingerprint density at radius 1 is 1.31 bits per heavy atom. The van der Waals surface area contributed by atoms with Gasteiger partial charge in [-0.2, -0.15) is 4.98 Å². The standard InChI is InChI=1S/C18H19ClN5O2/c1-2-7-24-16-14(21-15(22-16)11-5-3-4-6-11)17(25)23-18(24)26-13-8-12(19)9-20-10-13/h8-11H,2-7H2,1H3. The number of amidine groups is 1. The van der Waals surface area contributed by atoms with E-state index in [0.717, 1.165) is 25.1 Å². The van der Waals surface area contributed by atoms with Crippen molar-refractivity contribution in [1.29, 1.82) is 0 Å². The second-order valence-electron chi connectivity index (χ2n) is 6.53. The Hall–Kier alpha value is -2.41. The SMILES string of the molecule is CCCn1c(Oc2cncc(Cl)c2)nc(=O)c2c1N=C(C1CCCC1)[N]2. The first kappa shape index (κ1) is 17.0. The van der Waals surface area contributed by atoms with E-state index in [1.807, 2.05) is 11.5 Å². The molecule has 8 heteroatoms. The summed E-state index contributed by atoms with van der Waals surface area (Å²) in [5, 5.41) is 4.95. The molecule has 2 aliphatic rings. The molecule has 0 bridgehead atoms. The molecule has 2 aromatic heterocycles. The van der Waals surface area contributed by atoms with Crippen LogP contribution in [0.4, 0.5) is 11.5 Å². The van der Waals surface area contributed by atoms with E-state index in [0.29, 0.717) is 34.7 Å². The number of ether oxygens (including phenoxy) is 1. The van der Waals surface area contributed by atoms with E-state index in [9.17, 15) is 4.79 Å². The summed E-state index contributed by atoms with van der Waals surface area (Å²) in [4.78, 5) is 25.3. The lowest BCUT2D eigenvalue weighted by Gasteiger charge is -2.14. The molecule has 1 radical (unpaired) electrons. The summed E-state index contributed by atoms with van der Waals surface area (Å²) in [6.07, 6.45) is 8.40. The third-order valence-corrected chi connectivity index (χ3v) is 4.81. The van der Waals surface area contributed by atoms with E-state index in [1.165, 1.54) is 25.2 Å². The molecular formula is C18H19ClN5O2. The summed E-state index contributed by atoms with van der Waals surface area (Å²) < 4.78 is 7.61. The fraction of sp³-hybridized carbons (Fsp3) is 0.444. The minimum absolute atomic E-state index is 0.186. The van der Waals surface area contributed by atoms with E-state index < -0.39 is 5.56 Å². The van der Waals surface area contributed by atoms with Gasteiger partial charge in [-0.05, 0) is 19.3 Å². The number of hydrogen-bond donors (Lipinski definition) is 0. The molecule has 1 aliphatic heterocycles. The number of aromatic nitrogens is 3. The maximum Gasteiger partial charge on any atom is 0.307 e. The largest absolute Gasteiger partial charge is 0.424 e. The summed E-state index contributed by atoms with van der Waals surface area (Å²) in [5.74, 6) is 2.05. The first-order chi connectivity index (χ1) is 12.7. The van der Waals surface area contributed by atoms with E-state index in [-0.39, 0.29) is 6.01 Å². The Balaban J connectivity index is 1.75. The van der Waals surface area contributed by atoms with Gasteiger partial charge in [-0.25, -0.2) is 10.3 Å². The first-order valence-electron chi connectivity index (χ1n) is 8.89. The van der Waals surface area contributed by atoms with Crippen LogP contribution in [0.3, 0.4) is 0 Å². The predicted octanol–water partition coefficient (Wildman–Crippen LogP) is 3.96. The molecule has 1 fully saturated rings. The second-order valence-corrected chi connectivity index (χ2v) is 6.96. The van der Waals surface area contributed by atoms with Gasteiger partial charge in [0.25, 0.3) is 0 Å². The molecular weight excluding hydrogens is 354 g/mol. The molecule has 26 heavy (non-hydrogen) atoms. The summed E-state index contributed by atoms with van der Waals surface area (Å²) in [7, 11) is 0. The van der Waals surface area contributed by atoms with Crippen molar-refractivity contribution in [1.82, 2.24) is 19.9 Å². The smallest absolute Gasteiger partial charge is 0.307 e. The van der Waals surface area contributed by atoms with Crippen LogP contribution < -0.4 is 15.6 Å². The molecule has 135 valence electrons. The van der Waals surface area contributed by atoms with Gasteiger partial charge in [0.1, 0.15) is 5.84 Å². The number of rotatable bonds is 5. The molecule has 2 aromatic rings. The minimum atomic E-state index is -0.422. The number of aliphatic imine (C=N–C) groups is 1. The zero-order chi connectivity index (χ0) is 18.1. The Kier molecular flexibility index (Phi) is 4.63. The Morgan fingerprint density at radius 3 is 2.85 bits per heavy atom. The molecule has 0 amide bonds. The molecule has 1 aliphatic carbocycles. The van der Waals surface area contributed by atoms with Gasteiger partial charge in [0, 0.05) is 24.7 Å². The van der Waals surface area contributed by atoms with Crippen LogP contribution in [0.15, 0.2) is 28.2 Å². The molecule has 4 rings (SSSR count). The summed E-state index contributed by atoms with van der Waals surface area (Å²) in [6.45, 7) is 2.67. The number of hydrogen-bond acceptors (Lipinski definition) is 5. The molecule has 0 N–H and O–H groups in total. The highest BCUT2D eigenvalue weighted by molar-refractivity contribution is 6.30. The molecule has 0 aromatic carbocycles. The zero-order valence-electron chi connectivity index (χ0n) is 14.5. The van der Waals surface area contributed by atoms with Crippen molar-refractivity contribution in [2.75, 3.05) is 0 Å². The number of fused-ring (bicyclic) bond motifs is 1. The van der Waals surface area contributed by atoms with Crippen LogP contribution in [0.1, 0.15) is 39.0 Å². The fourth-order valence-corrected chi connectivity index (χ4v) is 3.56. The first-order valence-corrected chi connectivity index (χ1v) is 9.27. The van der Waals surface area contributed by atoms with E-state index in [4.69, 9.17) is 16.3 Å². The van der Waals surface area contributed by atoms with Gasteiger partial charge in [0.15, 0.2) is 17.3 Å². The Morgan fingerprint density at radius 2 is 2.12 bits per heavy atom. The average molecular weight is 373 g/mol. The topological polar surface area (TPSA) is 83.5 Å². The van der Waals surface area contributed by atoms with Crippen molar-refractivity contribution in [3.05, 3.63) is 33.8 Å². The van der Waals surface area contributed by atoms with Gasteiger partial charge in [-0.15, -0.1) is 0 Å². The van der Waals surface area contributed by atoms with Crippen LogP contribution in [-0.2, 0) is 6.54 Å². The molecule has 0 spiro atoms. The zero-order valence-corrected chi connectivity index (χ0v) is 15.2. The minimum Gasteiger partial charge on any atom is -0.424 e. The van der Waals surface area contributed by atoms with Crippen molar-refractivity contribution in [3.8, 4) is 11.8 Å². The number of halogens is 1. The van der Waals surface area contributed by atoms with Crippen LogP contribution in [0.25, 0.3) is 0 Å². The molecule has 0 atom stereocenters. The molecule has 1 saturated carbocycles. The van der Waals surface area contributed by atoms with Crippen LogP contribution in [0.5, 0.6) is 11.8 Å². The maximum atomic E-state index is 12.5. The van der Waals surface area contributed by atoms with Crippen LogP contribution in [0, 0.1) is 5.92 Å². The molecule has 3 heterocycles. The van der Waals surface area contributed by atoms with Crippen molar-refractivity contribution in [3.63, 3.8) is 0 Å². The maximum absolute atomic E-state index is 12.5. The molecule has 0 unspecified atom stereocenters. The van der Waals surface area contributed by atoms with E-state index in [2.05, 4.69) is 20.3 Å². The highest BCUT2D eigenvalue weighted by Gasteiger charge is 2.31. The van der Waals surface area contributed by atoms with Gasteiger partial charge < -0.3 is 4.74 Å². The van der Waals surface area contributed by atoms with Gasteiger partial charge in [0.2, 0.25) is 0 Å². The monoisotopic (exact) mass is 372 g/mol. The normalized spacial score (nSPS) is 16.3. The lowest BCUT2D eigenvalue weighted by Crippen LogP contribution is -2.21. The third kappa shape index (κ3) is 3.19. The fourth-order valence-electron chi connectivity index (χ4n) is 3.40. The van der Waals surface area contributed by atoms with Gasteiger partial charge in [-0.3, -0.25) is 14.3 Å². The second kappa shape index (κ2) is 7.07. The van der Waals surface area contributed by atoms with Crippen molar-refractivity contribution >= 4 is 28.9 Å². The Labute approximate surface area is 156 Å². The van der Waals surface area contributed by atoms with E-state index in [1.54, 1.807) is 6.07 Å². The molecule has 0 saturated heterocycles. The van der Waals surface area contributed by atoms with Gasteiger partial charge in [0.05, 0.1) is 11.2 Å². The number of nitrogens with zero attached hydrogens (tertiary/aromatic N) is 5. The molecule has 7 nitrogen and oxygen atoms in total. The van der Waals surface area contributed by atoms with Crippen molar-refractivity contribution in [2.45, 2.75) is 45.6 Å². The summed E-state index contributed by atoms with van der Waals surface area (Å²) in [5.41, 5.74) is -0.106. The third-order valence-electron chi connectivity index (χ3n) is 4.60. The van der Waals surface area contributed by atoms with Crippen LogP contribution in [0.2, 0.25) is 5.02 Å². The van der Waals surface area contributed by atoms with E-state index >= 15 is 0 Å². The lowest BCUT2D eigenvalue weighted by molar-refractivity contribution is 0.399. The quantitative estimate of drug-likeness (QED) is 0.795. The van der Waals surface area contributed by atoms with Gasteiger partial charge in [-0.1, -0.05) is 31.4 Å². The van der Waals surface area contributed by atoms with Gasteiger partial charge >= 0.3 is 11.6 Å². The van der Waals surface area contributed by atoms with Crippen LogP contribution >= 0.6 is 11.6 Å². The number of pyridine rings is 1. The van der Waals surface area contributed by atoms with Crippen molar-refractivity contribution < 1.29 is 4.74 Å². The predicted molar refractivity (Wildman–Crippen MR) is 99.0 cm³/mol.